The smallest absolute Gasteiger partial charge is 0.248 e. The van der Waals surface area contributed by atoms with Gasteiger partial charge in [-0.25, -0.2) is 0 Å². The lowest BCUT2D eigenvalue weighted by Gasteiger charge is -2.18. The zero-order valence-corrected chi connectivity index (χ0v) is 17.1. The van der Waals surface area contributed by atoms with Crippen LogP contribution in [-0.4, -0.2) is 5.91 Å². The Labute approximate surface area is 165 Å². The fourth-order valence-electron chi connectivity index (χ4n) is 2.71. The summed E-state index contributed by atoms with van der Waals surface area (Å²) in [5, 5.41) is 2.88. The quantitative estimate of drug-likeness (QED) is 0.507. The minimum atomic E-state index is -0.122. The minimum Gasteiger partial charge on any atom is -0.323 e. The van der Waals surface area contributed by atoms with Crippen LogP contribution in [0.4, 0.5) is 5.69 Å². The van der Waals surface area contributed by atoms with Gasteiger partial charge in [0.2, 0.25) is 5.91 Å². The SMILES string of the molecule is Cc1ccc(NC(=O)C=Cc2ccc(-c3ccc(C(C)(C)C)cc3)s2)cc1. The van der Waals surface area contributed by atoms with Crippen LogP contribution >= 0.6 is 11.3 Å². The van der Waals surface area contributed by atoms with Crippen LogP contribution in [0, 0.1) is 6.92 Å². The van der Waals surface area contributed by atoms with Gasteiger partial charge in [-0.3, -0.25) is 4.79 Å². The molecule has 27 heavy (non-hydrogen) atoms. The second-order valence-corrected chi connectivity index (χ2v) is 8.83. The van der Waals surface area contributed by atoms with E-state index >= 15 is 0 Å². The van der Waals surface area contributed by atoms with Crippen LogP contribution in [0.3, 0.4) is 0 Å². The molecular weight excluding hydrogens is 350 g/mol. The average Bonchev–Trinajstić information content (AvgIpc) is 3.10. The summed E-state index contributed by atoms with van der Waals surface area (Å²) in [5.74, 6) is -0.122. The Bertz CT molecular complexity index is 941. The van der Waals surface area contributed by atoms with Crippen molar-refractivity contribution in [1.29, 1.82) is 0 Å². The molecular formula is C24H25NOS. The second kappa shape index (κ2) is 7.93. The number of carbonyl (C=O) groups excluding carboxylic acids is 1. The number of rotatable bonds is 4. The minimum absolute atomic E-state index is 0.122. The lowest BCUT2D eigenvalue weighted by molar-refractivity contribution is -0.111. The van der Waals surface area contributed by atoms with Gasteiger partial charge in [0.15, 0.2) is 0 Å². The molecule has 3 rings (SSSR count). The number of thiophene rings is 1. The van der Waals surface area contributed by atoms with Crippen molar-refractivity contribution in [2.24, 2.45) is 0 Å². The molecule has 3 aromatic rings. The van der Waals surface area contributed by atoms with E-state index in [9.17, 15) is 4.79 Å². The summed E-state index contributed by atoms with van der Waals surface area (Å²) in [7, 11) is 0. The first kappa shape index (κ1) is 19.1. The van der Waals surface area contributed by atoms with E-state index in [1.807, 2.05) is 43.3 Å². The normalized spacial score (nSPS) is 11.7. The Morgan fingerprint density at radius 3 is 2.22 bits per heavy atom. The van der Waals surface area contributed by atoms with Gasteiger partial charge in [0.1, 0.15) is 0 Å². The van der Waals surface area contributed by atoms with Gasteiger partial charge in [-0.2, -0.15) is 0 Å². The molecule has 1 N–H and O–H groups in total. The Hall–Kier alpha value is -2.65. The Morgan fingerprint density at radius 1 is 0.926 bits per heavy atom. The monoisotopic (exact) mass is 375 g/mol. The van der Waals surface area contributed by atoms with Crippen LogP contribution in [0.2, 0.25) is 0 Å². The lowest BCUT2D eigenvalue weighted by Crippen LogP contribution is -2.10. The number of nitrogens with one attached hydrogen (secondary N) is 1. The highest BCUT2D eigenvalue weighted by molar-refractivity contribution is 7.16. The van der Waals surface area contributed by atoms with Crippen LogP contribution in [0.15, 0.2) is 66.7 Å². The maximum Gasteiger partial charge on any atom is 0.248 e. The summed E-state index contributed by atoms with van der Waals surface area (Å²) in [6.07, 6.45) is 3.44. The van der Waals surface area contributed by atoms with Gasteiger partial charge in [-0.15, -0.1) is 11.3 Å². The standard InChI is InChI=1S/C24H25NOS/c1-17-5-11-20(12-6-17)25-23(26)16-14-21-13-15-22(27-21)18-7-9-19(10-8-18)24(2,3)4/h5-16H,1-4H3,(H,25,26). The van der Waals surface area contributed by atoms with E-state index in [1.54, 1.807) is 17.4 Å². The number of hydrogen-bond acceptors (Lipinski definition) is 2. The molecule has 0 atom stereocenters. The van der Waals surface area contributed by atoms with Crippen LogP contribution < -0.4 is 5.32 Å². The first-order valence-corrected chi connectivity index (χ1v) is 9.89. The van der Waals surface area contributed by atoms with Crippen molar-refractivity contribution in [3.05, 3.63) is 82.7 Å². The van der Waals surface area contributed by atoms with E-state index in [0.29, 0.717) is 0 Å². The Balaban J connectivity index is 1.65. The predicted octanol–water partition coefficient (Wildman–Crippen LogP) is 6.67. The number of aryl methyl sites for hydroxylation is 1. The van der Waals surface area contributed by atoms with E-state index < -0.39 is 0 Å². The summed E-state index contributed by atoms with van der Waals surface area (Å²) in [6, 6.07) is 20.7. The highest BCUT2D eigenvalue weighted by Crippen LogP contribution is 2.31. The largest absolute Gasteiger partial charge is 0.323 e. The van der Waals surface area contributed by atoms with Crippen molar-refractivity contribution < 1.29 is 4.79 Å². The van der Waals surface area contributed by atoms with Gasteiger partial charge in [-0.1, -0.05) is 62.7 Å². The molecule has 2 nitrogen and oxygen atoms in total. The first-order chi connectivity index (χ1) is 12.8. The van der Waals surface area contributed by atoms with Crippen molar-refractivity contribution in [1.82, 2.24) is 0 Å². The number of carbonyl (C=O) groups is 1. The van der Waals surface area contributed by atoms with E-state index in [0.717, 1.165) is 10.6 Å². The fraction of sp³-hybridized carbons (Fsp3) is 0.208. The molecule has 138 valence electrons. The zero-order valence-electron chi connectivity index (χ0n) is 16.2. The van der Waals surface area contributed by atoms with Gasteiger partial charge in [0.25, 0.3) is 0 Å². The summed E-state index contributed by atoms with van der Waals surface area (Å²) in [4.78, 5) is 14.3. The molecule has 0 spiro atoms. The van der Waals surface area contributed by atoms with Crippen molar-refractivity contribution in [2.75, 3.05) is 5.32 Å². The van der Waals surface area contributed by atoms with E-state index in [4.69, 9.17) is 0 Å². The Morgan fingerprint density at radius 2 is 1.59 bits per heavy atom. The summed E-state index contributed by atoms with van der Waals surface area (Å²) in [5.41, 5.74) is 4.67. The molecule has 1 heterocycles. The molecule has 0 unspecified atom stereocenters. The van der Waals surface area contributed by atoms with Crippen molar-refractivity contribution >= 4 is 29.0 Å². The third-order valence-corrected chi connectivity index (χ3v) is 5.48. The molecule has 1 aromatic heterocycles. The summed E-state index contributed by atoms with van der Waals surface area (Å²) in [6.45, 7) is 8.68. The second-order valence-electron chi connectivity index (χ2n) is 7.72. The highest BCUT2D eigenvalue weighted by atomic mass is 32.1. The maximum absolute atomic E-state index is 12.1. The molecule has 0 aliphatic carbocycles. The lowest BCUT2D eigenvalue weighted by atomic mass is 9.86. The fourth-order valence-corrected chi connectivity index (χ4v) is 3.63. The van der Waals surface area contributed by atoms with Crippen molar-refractivity contribution in [3.63, 3.8) is 0 Å². The topological polar surface area (TPSA) is 29.1 Å². The molecule has 3 heteroatoms. The van der Waals surface area contributed by atoms with Crippen molar-refractivity contribution in [2.45, 2.75) is 33.1 Å². The molecule has 1 amide bonds. The number of anilines is 1. The van der Waals surface area contributed by atoms with Crippen LogP contribution in [-0.2, 0) is 10.2 Å². The molecule has 2 aromatic carbocycles. The van der Waals surface area contributed by atoms with Gasteiger partial charge in [0.05, 0.1) is 0 Å². The summed E-state index contributed by atoms with van der Waals surface area (Å²) < 4.78 is 0. The summed E-state index contributed by atoms with van der Waals surface area (Å²) >= 11 is 1.68. The van der Waals surface area contributed by atoms with Gasteiger partial charge in [-0.05, 0) is 53.8 Å². The molecule has 0 aliphatic rings. The Kier molecular flexibility index (Phi) is 5.62. The molecule has 0 saturated heterocycles. The maximum atomic E-state index is 12.1. The van der Waals surface area contributed by atoms with Crippen molar-refractivity contribution in [3.8, 4) is 10.4 Å². The number of amides is 1. The highest BCUT2D eigenvalue weighted by Gasteiger charge is 2.13. The van der Waals surface area contributed by atoms with Crippen LogP contribution in [0.1, 0.15) is 36.8 Å². The number of hydrogen-bond donors (Lipinski definition) is 1. The molecule has 0 radical (unpaired) electrons. The van der Waals surface area contributed by atoms with E-state index in [2.05, 4.69) is 56.4 Å². The van der Waals surface area contributed by atoms with Gasteiger partial charge < -0.3 is 5.32 Å². The molecule has 0 aliphatic heterocycles. The third kappa shape index (κ3) is 5.18. The predicted molar refractivity (Wildman–Crippen MR) is 117 cm³/mol. The first-order valence-electron chi connectivity index (χ1n) is 9.08. The van der Waals surface area contributed by atoms with Gasteiger partial charge >= 0.3 is 0 Å². The molecule has 0 bridgehead atoms. The molecule has 0 saturated carbocycles. The third-order valence-electron chi connectivity index (χ3n) is 4.38. The van der Waals surface area contributed by atoms with E-state index in [-0.39, 0.29) is 11.3 Å². The average molecular weight is 376 g/mol. The zero-order chi connectivity index (χ0) is 19.4. The number of benzene rings is 2. The van der Waals surface area contributed by atoms with Crippen LogP contribution in [0.5, 0.6) is 0 Å². The van der Waals surface area contributed by atoms with Gasteiger partial charge in [0, 0.05) is 21.5 Å². The molecule has 0 fully saturated rings. The van der Waals surface area contributed by atoms with Crippen LogP contribution in [0.25, 0.3) is 16.5 Å². The van der Waals surface area contributed by atoms with E-state index in [1.165, 1.54) is 21.6 Å².